The van der Waals surface area contributed by atoms with Gasteiger partial charge in [-0.15, -0.1) is 0 Å². The third kappa shape index (κ3) is 4.67. The van der Waals surface area contributed by atoms with Crippen LogP contribution in [0.1, 0.15) is 50.2 Å². The molecule has 2 N–H and O–H groups in total. The molecule has 1 amide bonds. The molecule has 1 aliphatic carbocycles. The van der Waals surface area contributed by atoms with E-state index in [-0.39, 0.29) is 11.9 Å². The molecule has 0 bridgehead atoms. The number of benzene rings is 1. The molecule has 3 nitrogen and oxygen atoms in total. The fourth-order valence-electron chi connectivity index (χ4n) is 2.31. The van der Waals surface area contributed by atoms with E-state index in [9.17, 15) is 4.79 Å². The normalized spacial score (nSPS) is 14.7. The summed E-state index contributed by atoms with van der Waals surface area (Å²) >= 11 is 0. The van der Waals surface area contributed by atoms with Crippen LogP contribution in [0, 0.1) is 0 Å². The molecule has 0 unspecified atom stereocenters. The molecule has 1 fully saturated rings. The van der Waals surface area contributed by atoms with Gasteiger partial charge in [-0.05, 0) is 43.7 Å². The van der Waals surface area contributed by atoms with Crippen LogP contribution in [0.5, 0.6) is 0 Å². The molecule has 0 spiro atoms. The van der Waals surface area contributed by atoms with Gasteiger partial charge in [-0.1, -0.05) is 24.3 Å². The van der Waals surface area contributed by atoms with Crippen molar-refractivity contribution in [1.29, 1.82) is 0 Å². The number of carbonyl (C=O) groups excluding carboxylic acids is 1. The van der Waals surface area contributed by atoms with Gasteiger partial charge in [0.05, 0.1) is 0 Å². The summed E-state index contributed by atoms with van der Waals surface area (Å²) < 4.78 is 0. The Labute approximate surface area is 115 Å². The van der Waals surface area contributed by atoms with E-state index in [1.54, 1.807) is 0 Å². The Kier molecular flexibility index (Phi) is 4.97. The van der Waals surface area contributed by atoms with Crippen molar-refractivity contribution < 1.29 is 4.79 Å². The van der Waals surface area contributed by atoms with E-state index >= 15 is 0 Å². The van der Waals surface area contributed by atoms with Crippen LogP contribution in [0.25, 0.3) is 0 Å². The van der Waals surface area contributed by atoms with E-state index in [0.29, 0.717) is 6.42 Å². The van der Waals surface area contributed by atoms with Gasteiger partial charge in [-0.3, -0.25) is 4.79 Å². The van der Waals surface area contributed by atoms with Crippen LogP contribution < -0.4 is 10.6 Å². The highest BCUT2D eigenvalue weighted by Crippen LogP contribution is 2.41. The van der Waals surface area contributed by atoms with Crippen LogP contribution in [0.3, 0.4) is 0 Å². The maximum Gasteiger partial charge on any atom is 0.221 e. The summed E-state index contributed by atoms with van der Waals surface area (Å²) in [6.45, 7) is 5.56. The van der Waals surface area contributed by atoms with E-state index < -0.39 is 0 Å². The first-order valence-corrected chi connectivity index (χ1v) is 7.24. The largest absolute Gasteiger partial charge is 0.354 e. The topological polar surface area (TPSA) is 41.1 Å². The first-order chi connectivity index (χ1) is 9.16. The average molecular weight is 260 g/mol. The van der Waals surface area contributed by atoms with Crippen LogP contribution in [-0.2, 0) is 11.3 Å². The van der Waals surface area contributed by atoms with Gasteiger partial charge in [0.25, 0.3) is 0 Å². The van der Waals surface area contributed by atoms with Gasteiger partial charge in [-0.2, -0.15) is 0 Å². The average Bonchev–Trinajstić information content (AvgIpc) is 3.18. The van der Waals surface area contributed by atoms with Gasteiger partial charge in [0, 0.05) is 25.6 Å². The van der Waals surface area contributed by atoms with E-state index in [4.69, 9.17) is 0 Å². The SMILES string of the molecule is CC(C)NC(=O)CCNCc1ccccc1C1CC1. The predicted octanol–water partition coefficient (Wildman–Crippen LogP) is 2.57. The van der Waals surface area contributed by atoms with Gasteiger partial charge >= 0.3 is 0 Å². The molecule has 19 heavy (non-hydrogen) atoms. The van der Waals surface area contributed by atoms with E-state index in [2.05, 4.69) is 34.9 Å². The lowest BCUT2D eigenvalue weighted by Gasteiger charge is -2.11. The molecular weight excluding hydrogens is 236 g/mol. The van der Waals surface area contributed by atoms with Crippen LogP contribution in [0.4, 0.5) is 0 Å². The minimum absolute atomic E-state index is 0.123. The Morgan fingerprint density at radius 1 is 1.32 bits per heavy atom. The van der Waals surface area contributed by atoms with Crippen molar-refractivity contribution in [2.45, 2.75) is 51.6 Å². The summed E-state index contributed by atoms with van der Waals surface area (Å²) in [6.07, 6.45) is 3.20. The molecule has 1 aliphatic rings. The minimum atomic E-state index is 0.123. The minimum Gasteiger partial charge on any atom is -0.354 e. The molecule has 104 valence electrons. The second kappa shape index (κ2) is 6.71. The number of nitrogens with one attached hydrogen (secondary N) is 2. The Bertz CT molecular complexity index is 425. The summed E-state index contributed by atoms with van der Waals surface area (Å²) in [6, 6.07) is 8.86. The summed E-state index contributed by atoms with van der Waals surface area (Å²) in [5, 5.41) is 6.27. The van der Waals surface area contributed by atoms with Crippen LogP contribution >= 0.6 is 0 Å². The highest BCUT2D eigenvalue weighted by Gasteiger charge is 2.25. The molecule has 1 aromatic carbocycles. The lowest BCUT2D eigenvalue weighted by atomic mass is 10.0. The maximum atomic E-state index is 11.5. The fraction of sp³-hybridized carbons (Fsp3) is 0.562. The second-order valence-electron chi connectivity index (χ2n) is 5.62. The monoisotopic (exact) mass is 260 g/mol. The quantitative estimate of drug-likeness (QED) is 0.740. The maximum absolute atomic E-state index is 11.5. The van der Waals surface area contributed by atoms with Gasteiger partial charge in [0.15, 0.2) is 0 Å². The van der Waals surface area contributed by atoms with E-state index in [1.807, 2.05) is 13.8 Å². The van der Waals surface area contributed by atoms with Crippen molar-refractivity contribution in [3.63, 3.8) is 0 Å². The summed E-state index contributed by atoms with van der Waals surface area (Å²) in [4.78, 5) is 11.5. The van der Waals surface area contributed by atoms with Gasteiger partial charge in [0.2, 0.25) is 5.91 Å². The number of amides is 1. The molecule has 0 atom stereocenters. The van der Waals surface area contributed by atoms with Crippen molar-refractivity contribution in [2.75, 3.05) is 6.54 Å². The van der Waals surface area contributed by atoms with Crippen molar-refractivity contribution >= 4 is 5.91 Å². The Morgan fingerprint density at radius 2 is 2.05 bits per heavy atom. The lowest BCUT2D eigenvalue weighted by Crippen LogP contribution is -2.32. The highest BCUT2D eigenvalue weighted by molar-refractivity contribution is 5.76. The zero-order valence-electron chi connectivity index (χ0n) is 11.9. The van der Waals surface area contributed by atoms with Crippen LogP contribution in [-0.4, -0.2) is 18.5 Å². The van der Waals surface area contributed by atoms with Crippen molar-refractivity contribution in [3.8, 4) is 0 Å². The predicted molar refractivity (Wildman–Crippen MR) is 78.0 cm³/mol. The zero-order chi connectivity index (χ0) is 13.7. The van der Waals surface area contributed by atoms with Crippen molar-refractivity contribution in [2.24, 2.45) is 0 Å². The Balaban J connectivity index is 1.72. The third-order valence-electron chi connectivity index (χ3n) is 3.37. The molecular formula is C16H24N2O. The first-order valence-electron chi connectivity index (χ1n) is 7.24. The molecule has 0 aromatic heterocycles. The molecule has 0 saturated heterocycles. The number of carbonyl (C=O) groups is 1. The fourth-order valence-corrected chi connectivity index (χ4v) is 2.31. The van der Waals surface area contributed by atoms with Crippen molar-refractivity contribution in [1.82, 2.24) is 10.6 Å². The molecule has 1 saturated carbocycles. The molecule has 0 radical (unpaired) electrons. The third-order valence-corrected chi connectivity index (χ3v) is 3.37. The van der Waals surface area contributed by atoms with Crippen LogP contribution in [0.15, 0.2) is 24.3 Å². The summed E-state index contributed by atoms with van der Waals surface area (Å²) in [5.74, 6) is 0.903. The van der Waals surface area contributed by atoms with Crippen molar-refractivity contribution in [3.05, 3.63) is 35.4 Å². The number of hydrogen-bond donors (Lipinski definition) is 2. The Hall–Kier alpha value is -1.35. The van der Waals surface area contributed by atoms with E-state index in [0.717, 1.165) is 19.0 Å². The standard InChI is InChI=1S/C16H24N2O/c1-12(2)18-16(19)9-10-17-11-14-5-3-4-6-15(14)13-7-8-13/h3-6,12-13,17H,7-11H2,1-2H3,(H,18,19). The first kappa shape index (κ1) is 14.1. The van der Waals surface area contributed by atoms with Gasteiger partial charge in [0.1, 0.15) is 0 Å². The van der Waals surface area contributed by atoms with Gasteiger partial charge in [-0.25, -0.2) is 0 Å². The summed E-state index contributed by atoms with van der Waals surface area (Å²) in [5.41, 5.74) is 2.87. The van der Waals surface area contributed by atoms with E-state index in [1.165, 1.54) is 24.0 Å². The smallest absolute Gasteiger partial charge is 0.221 e. The number of rotatable bonds is 7. The lowest BCUT2D eigenvalue weighted by molar-refractivity contribution is -0.121. The van der Waals surface area contributed by atoms with Crippen LogP contribution in [0.2, 0.25) is 0 Å². The number of hydrogen-bond acceptors (Lipinski definition) is 2. The Morgan fingerprint density at radius 3 is 2.74 bits per heavy atom. The summed E-state index contributed by atoms with van der Waals surface area (Å²) in [7, 11) is 0. The molecule has 1 aromatic rings. The highest BCUT2D eigenvalue weighted by atomic mass is 16.1. The molecule has 0 heterocycles. The van der Waals surface area contributed by atoms with Gasteiger partial charge < -0.3 is 10.6 Å². The molecule has 3 heteroatoms. The molecule has 2 rings (SSSR count). The zero-order valence-corrected chi connectivity index (χ0v) is 11.9. The molecule has 0 aliphatic heterocycles. The second-order valence-corrected chi connectivity index (χ2v) is 5.62.